The normalized spacial score (nSPS) is 17.5. The Morgan fingerprint density at radius 3 is 2.57 bits per heavy atom. The Morgan fingerprint density at radius 2 is 1.96 bits per heavy atom. The largest absolute Gasteiger partial charge is 0.452 e. The Labute approximate surface area is 165 Å². The Balaban J connectivity index is 1.99. The van der Waals surface area contributed by atoms with Gasteiger partial charge in [0.05, 0.1) is 22.9 Å². The van der Waals surface area contributed by atoms with Crippen LogP contribution >= 0.6 is 0 Å². The van der Waals surface area contributed by atoms with Crippen molar-refractivity contribution < 1.29 is 22.7 Å². The highest BCUT2D eigenvalue weighted by Crippen LogP contribution is 2.25. The van der Waals surface area contributed by atoms with Crippen molar-refractivity contribution in [1.82, 2.24) is 9.21 Å². The van der Waals surface area contributed by atoms with Crippen LogP contribution in [0, 0.1) is 11.3 Å². The Hall–Kier alpha value is -2.44. The van der Waals surface area contributed by atoms with Crippen LogP contribution < -0.4 is 0 Å². The molecule has 0 unspecified atom stereocenters. The lowest BCUT2D eigenvalue weighted by Crippen LogP contribution is -2.41. The summed E-state index contributed by atoms with van der Waals surface area (Å²) >= 11 is 0. The van der Waals surface area contributed by atoms with Gasteiger partial charge in [-0.1, -0.05) is 6.42 Å². The first-order valence-corrected chi connectivity index (χ1v) is 10.6. The van der Waals surface area contributed by atoms with Crippen molar-refractivity contribution >= 4 is 21.9 Å². The van der Waals surface area contributed by atoms with Crippen molar-refractivity contribution in [2.24, 2.45) is 0 Å². The summed E-state index contributed by atoms with van der Waals surface area (Å²) in [4.78, 5) is 25.4. The molecule has 0 bridgehead atoms. The number of nitriles is 1. The predicted octanol–water partition coefficient (Wildman–Crippen LogP) is 1.78. The van der Waals surface area contributed by atoms with E-state index in [0.29, 0.717) is 6.54 Å². The summed E-state index contributed by atoms with van der Waals surface area (Å²) in [5, 5.41) is 8.52. The monoisotopic (exact) mass is 407 g/mol. The maximum atomic E-state index is 12.8. The molecule has 0 radical (unpaired) electrons. The van der Waals surface area contributed by atoms with Crippen molar-refractivity contribution in [3.05, 3.63) is 29.8 Å². The number of nitrogens with zero attached hydrogens (tertiary/aromatic N) is 3. The van der Waals surface area contributed by atoms with Gasteiger partial charge in [-0.25, -0.2) is 13.2 Å². The maximum Gasteiger partial charge on any atom is 0.338 e. The molecule has 1 saturated heterocycles. The smallest absolute Gasteiger partial charge is 0.338 e. The molecule has 1 amide bonds. The Kier molecular flexibility index (Phi) is 7.54. The number of carbonyl (C=O) groups excluding carboxylic acids is 2. The van der Waals surface area contributed by atoms with Gasteiger partial charge in [0.2, 0.25) is 10.0 Å². The van der Waals surface area contributed by atoms with Crippen LogP contribution in [0.4, 0.5) is 0 Å². The molecule has 1 aliphatic rings. The molecule has 1 heterocycles. The summed E-state index contributed by atoms with van der Waals surface area (Å²) in [6, 6.07) is 7.42. The zero-order valence-electron chi connectivity index (χ0n) is 16.1. The first-order valence-electron chi connectivity index (χ1n) is 9.17. The van der Waals surface area contributed by atoms with Crippen molar-refractivity contribution in [3.8, 4) is 6.07 Å². The van der Waals surface area contributed by atoms with Crippen LogP contribution in [-0.4, -0.2) is 62.3 Å². The molecular weight excluding hydrogens is 382 g/mol. The van der Waals surface area contributed by atoms with Crippen molar-refractivity contribution in [2.75, 3.05) is 26.7 Å². The van der Waals surface area contributed by atoms with E-state index >= 15 is 0 Å². The first-order chi connectivity index (χ1) is 13.3. The molecule has 0 aromatic heterocycles. The van der Waals surface area contributed by atoms with Crippen molar-refractivity contribution in [3.63, 3.8) is 0 Å². The molecule has 1 aromatic carbocycles. The van der Waals surface area contributed by atoms with E-state index in [1.807, 2.05) is 13.0 Å². The second-order valence-corrected chi connectivity index (χ2v) is 8.68. The van der Waals surface area contributed by atoms with E-state index in [0.717, 1.165) is 19.3 Å². The SMILES string of the molecule is C[C@@H]1CCCCN1S(=O)(=O)c1ccc(C(=O)OCC(=O)N(C)CCC#N)cc1. The van der Waals surface area contributed by atoms with E-state index in [9.17, 15) is 18.0 Å². The highest BCUT2D eigenvalue weighted by molar-refractivity contribution is 7.89. The molecule has 0 N–H and O–H groups in total. The molecule has 0 aliphatic carbocycles. The van der Waals surface area contributed by atoms with Gasteiger partial charge < -0.3 is 9.64 Å². The van der Waals surface area contributed by atoms with Crippen LogP contribution in [0.1, 0.15) is 43.0 Å². The summed E-state index contributed by atoms with van der Waals surface area (Å²) in [5.74, 6) is -1.13. The van der Waals surface area contributed by atoms with Gasteiger partial charge >= 0.3 is 5.97 Å². The molecule has 152 valence electrons. The zero-order chi connectivity index (χ0) is 20.7. The standard InChI is InChI=1S/C19H25N3O5S/c1-15-6-3-4-13-22(15)28(25,26)17-9-7-16(8-10-17)19(24)27-14-18(23)21(2)12-5-11-20/h7-10,15H,3-6,12-14H2,1-2H3/t15-/m1/s1. The van der Waals surface area contributed by atoms with Crippen LogP contribution in [0.2, 0.25) is 0 Å². The molecule has 1 fully saturated rings. The second kappa shape index (κ2) is 9.66. The van der Waals surface area contributed by atoms with E-state index in [1.54, 1.807) is 0 Å². The molecule has 9 heteroatoms. The molecule has 0 spiro atoms. The summed E-state index contributed by atoms with van der Waals surface area (Å²) < 4.78 is 32.1. The van der Waals surface area contributed by atoms with Crippen LogP contribution in [-0.2, 0) is 19.6 Å². The number of amides is 1. The number of sulfonamides is 1. The highest BCUT2D eigenvalue weighted by Gasteiger charge is 2.31. The van der Waals surface area contributed by atoms with Gasteiger partial charge in [-0.05, 0) is 44.0 Å². The minimum Gasteiger partial charge on any atom is -0.452 e. The number of hydrogen-bond acceptors (Lipinski definition) is 6. The van der Waals surface area contributed by atoms with Gasteiger partial charge in [0.1, 0.15) is 0 Å². The van der Waals surface area contributed by atoms with Gasteiger partial charge in [-0.3, -0.25) is 4.79 Å². The fraction of sp³-hybridized carbons (Fsp3) is 0.526. The lowest BCUT2D eigenvalue weighted by atomic mass is 10.1. The summed E-state index contributed by atoms with van der Waals surface area (Å²) in [6.07, 6.45) is 2.88. The number of carbonyl (C=O) groups is 2. The average molecular weight is 407 g/mol. The minimum absolute atomic E-state index is 0.0487. The molecule has 1 aliphatic heterocycles. The van der Waals surface area contributed by atoms with Gasteiger partial charge in [0, 0.05) is 26.2 Å². The molecule has 1 aromatic rings. The van der Waals surface area contributed by atoms with Crippen LogP contribution in [0.15, 0.2) is 29.2 Å². The summed E-state index contributed by atoms with van der Waals surface area (Å²) in [7, 11) is -2.08. The second-order valence-electron chi connectivity index (χ2n) is 6.78. The predicted molar refractivity (Wildman–Crippen MR) is 102 cm³/mol. The molecule has 28 heavy (non-hydrogen) atoms. The molecule has 8 nitrogen and oxygen atoms in total. The van der Waals surface area contributed by atoms with E-state index < -0.39 is 28.5 Å². The van der Waals surface area contributed by atoms with Gasteiger partial charge in [0.15, 0.2) is 6.61 Å². The molecule has 1 atom stereocenters. The van der Waals surface area contributed by atoms with Crippen molar-refractivity contribution in [1.29, 1.82) is 5.26 Å². The first kappa shape index (κ1) is 21.9. The third kappa shape index (κ3) is 5.30. The maximum absolute atomic E-state index is 12.8. The topological polar surface area (TPSA) is 108 Å². The van der Waals surface area contributed by atoms with E-state index in [2.05, 4.69) is 0 Å². The fourth-order valence-corrected chi connectivity index (χ4v) is 4.69. The third-order valence-electron chi connectivity index (χ3n) is 4.75. The molecule has 2 rings (SSSR count). The lowest BCUT2D eigenvalue weighted by Gasteiger charge is -2.32. The highest BCUT2D eigenvalue weighted by atomic mass is 32.2. The number of piperidine rings is 1. The fourth-order valence-electron chi connectivity index (χ4n) is 2.99. The summed E-state index contributed by atoms with van der Waals surface area (Å²) in [5.41, 5.74) is 0.165. The van der Waals surface area contributed by atoms with Gasteiger partial charge in [0.25, 0.3) is 5.91 Å². The Morgan fingerprint density at radius 1 is 1.29 bits per heavy atom. The van der Waals surface area contributed by atoms with E-state index in [4.69, 9.17) is 10.00 Å². The molecule has 0 saturated carbocycles. The average Bonchev–Trinajstić information content (AvgIpc) is 2.70. The van der Waals surface area contributed by atoms with Gasteiger partial charge in [-0.2, -0.15) is 9.57 Å². The number of ether oxygens (including phenoxy) is 1. The lowest BCUT2D eigenvalue weighted by molar-refractivity contribution is -0.133. The number of hydrogen-bond donors (Lipinski definition) is 0. The Bertz CT molecular complexity index is 845. The van der Waals surface area contributed by atoms with Crippen LogP contribution in [0.5, 0.6) is 0 Å². The van der Waals surface area contributed by atoms with Crippen LogP contribution in [0.3, 0.4) is 0 Å². The minimum atomic E-state index is -3.61. The van der Waals surface area contributed by atoms with Crippen molar-refractivity contribution in [2.45, 2.75) is 43.5 Å². The zero-order valence-corrected chi connectivity index (χ0v) is 16.9. The quantitative estimate of drug-likeness (QED) is 0.638. The third-order valence-corrected chi connectivity index (χ3v) is 6.78. The molecular formula is C19H25N3O5S. The number of benzene rings is 1. The number of esters is 1. The van der Waals surface area contributed by atoms with Gasteiger partial charge in [-0.15, -0.1) is 0 Å². The number of rotatable bonds is 7. The number of likely N-dealkylation sites (N-methyl/N-ethyl adjacent to an activating group) is 1. The van der Waals surface area contributed by atoms with Crippen LogP contribution in [0.25, 0.3) is 0 Å². The van der Waals surface area contributed by atoms with E-state index in [1.165, 1.54) is 40.5 Å². The van der Waals surface area contributed by atoms with E-state index in [-0.39, 0.29) is 29.5 Å². The summed E-state index contributed by atoms with van der Waals surface area (Å²) in [6.45, 7) is 2.21.